The van der Waals surface area contributed by atoms with Gasteiger partial charge in [-0.15, -0.1) is 12.4 Å². The van der Waals surface area contributed by atoms with Crippen molar-refractivity contribution in [3.05, 3.63) is 29.8 Å². The zero-order chi connectivity index (χ0) is 18.4. The zero-order valence-electron chi connectivity index (χ0n) is 16.8. The van der Waals surface area contributed by atoms with Gasteiger partial charge in [0.1, 0.15) is 5.75 Å². The van der Waals surface area contributed by atoms with Crippen LogP contribution in [0.2, 0.25) is 0 Å². The molecule has 0 radical (unpaired) electrons. The number of carbonyl (C=O) groups excluding carboxylic acids is 1. The van der Waals surface area contributed by atoms with E-state index in [-0.39, 0.29) is 12.4 Å². The first-order valence-electron chi connectivity index (χ1n) is 10.3. The van der Waals surface area contributed by atoms with Gasteiger partial charge in [0.05, 0.1) is 7.11 Å². The van der Waals surface area contributed by atoms with Crippen LogP contribution in [0.5, 0.6) is 5.75 Å². The van der Waals surface area contributed by atoms with E-state index in [2.05, 4.69) is 29.3 Å². The molecule has 2 heterocycles. The maximum absolute atomic E-state index is 12.7. The summed E-state index contributed by atoms with van der Waals surface area (Å²) in [6.07, 6.45) is 6.42. The number of piperidine rings is 2. The number of rotatable bonds is 6. The Balaban J connectivity index is 0.00000261. The SMILES string of the molecule is COc1ccccc1CC1CCN(C(=O)CC(C)C2CCNCC2)CC1.Cl. The third-order valence-electron chi connectivity index (χ3n) is 6.35. The predicted molar refractivity (Wildman–Crippen MR) is 113 cm³/mol. The first-order chi connectivity index (χ1) is 12.7. The number of halogens is 1. The van der Waals surface area contributed by atoms with E-state index in [0.29, 0.717) is 23.7 Å². The Morgan fingerprint density at radius 2 is 1.85 bits per heavy atom. The Labute approximate surface area is 170 Å². The quantitative estimate of drug-likeness (QED) is 0.794. The Kier molecular flexibility index (Phi) is 8.91. The number of nitrogens with one attached hydrogen (secondary N) is 1. The molecule has 1 N–H and O–H groups in total. The lowest BCUT2D eigenvalue weighted by Crippen LogP contribution is -2.40. The smallest absolute Gasteiger partial charge is 0.222 e. The van der Waals surface area contributed by atoms with E-state index in [4.69, 9.17) is 4.74 Å². The van der Waals surface area contributed by atoms with Crippen LogP contribution in [0.3, 0.4) is 0 Å². The fraction of sp³-hybridized carbons (Fsp3) is 0.682. The summed E-state index contributed by atoms with van der Waals surface area (Å²) in [5.41, 5.74) is 1.29. The average Bonchev–Trinajstić information content (AvgIpc) is 2.69. The number of likely N-dealkylation sites (tertiary alicyclic amines) is 1. The van der Waals surface area contributed by atoms with Crippen LogP contribution in [0.1, 0.15) is 44.6 Å². The Bertz CT molecular complexity index is 581. The number of methoxy groups -OCH3 is 1. The minimum atomic E-state index is 0. The highest BCUT2D eigenvalue weighted by atomic mass is 35.5. The summed E-state index contributed by atoms with van der Waals surface area (Å²) in [7, 11) is 1.74. The van der Waals surface area contributed by atoms with Crippen LogP contribution in [0.4, 0.5) is 0 Å². The molecule has 0 saturated carbocycles. The van der Waals surface area contributed by atoms with Gasteiger partial charge in [-0.2, -0.15) is 0 Å². The van der Waals surface area contributed by atoms with Gasteiger partial charge in [0, 0.05) is 19.5 Å². The van der Waals surface area contributed by atoms with E-state index < -0.39 is 0 Å². The molecule has 152 valence electrons. The van der Waals surface area contributed by atoms with Gasteiger partial charge in [0.2, 0.25) is 5.91 Å². The van der Waals surface area contributed by atoms with Gasteiger partial charge >= 0.3 is 0 Å². The molecule has 5 heteroatoms. The Hall–Kier alpha value is -1.26. The third kappa shape index (κ3) is 6.11. The standard InChI is InChI=1S/C22H34N2O2.ClH/c1-17(19-7-11-23-12-8-19)15-22(25)24-13-9-18(10-14-24)16-20-5-3-4-6-21(20)26-2;/h3-6,17-19,23H,7-16H2,1-2H3;1H. The number of hydrogen-bond donors (Lipinski definition) is 1. The third-order valence-corrected chi connectivity index (χ3v) is 6.35. The number of benzene rings is 1. The lowest BCUT2D eigenvalue weighted by Gasteiger charge is -2.34. The largest absolute Gasteiger partial charge is 0.496 e. The fourth-order valence-electron chi connectivity index (χ4n) is 4.55. The van der Waals surface area contributed by atoms with Gasteiger partial charge in [-0.05, 0) is 74.6 Å². The highest BCUT2D eigenvalue weighted by Gasteiger charge is 2.27. The minimum Gasteiger partial charge on any atom is -0.496 e. The molecular weight excluding hydrogens is 360 g/mol. The van der Waals surface area contributed by atoms with Crippen molar-refractivity contribution in [3.8, 4) is 5.75 Å². The van der Waals surface area contributed by atoms with Gasteiger partial charge in [0.25, 0.3) is 0 Å². The van der Waals surface area contributed by atoms with Crippen molar-refractivity contribution in [1.29, 1.82) is 0 Å². The summed E-state index contributed by atoms with van der Waals surface area (Å²) >= 11 is 0. The van der Waals surface area contributed by atoms with Crippen LogP contribution in [-0.4, -0.2) is 44.1 Å². The summed E-state index contributed by atoms with van der Waals surface area (Å²) in [5, 5.41) is 3.41. The molecule has 1 aromatic rings. The van der Waals surface area contributed by atoms with Crippen molar-refractivity contribution in [2.45, 2.75) is 45.4 Å². The predicted octanol–water partition coefficient (Wildman–Crippen LogP) is 3.92. The van der Waals surface area contributed by atoms with E-state index in [0.717, 1.165) is 57.6 Å². The molecule has 2 fully saturated rings. The molecule has 1 amide bonds. The number of ether oxygens (including phenoxy) is 1. The van der Waals surface area contributed by atoms with E-state index in [1.807, 2.05) is 12.1 Å². The average molecular weight is 395 g/mol. The molecule has 1 atom stereocenters. The topological polar surface area (TPSA) is 41.6 Å². The van der Waals surface area contributed by atoms with Crippen molar-refractivity contribution in [1.82, 2.24) is 10.2 Å². The summed E-state index contributed by atoms with van der Waals surface area (Å²) in [6.45, 7) is 6.31. The summed E-state index contributed by atoms with van der Waals surface area (Å²) < 4.78 is 5.48. The van der Waals surface area contributed by atoms with Crippen LogP contribution in [-0.2, 0) is 11.2 Å². The lowest BCUT2D eigenvalue weighted by atomic mass is 9.83. The Morgan fingerprint density at radius 1 is 1.19 bits per heavy atom. The molecule has 4 nitrogen and oxygen atoms in total. The summed E-state index contributed by atoms with van der Waals surface area (Å²) in [6, 6.07) is 8.30. The van der Waals surface area contributed by atoms with Crippen LogP contribution in [0.15, 0.2) is 24.3 Å². The minimum absolute atomic E-state index is 0. The fourth-order valence-corrected chi connectivity index (χ4v) is 4.55. The second-order valence-corrected chi connectivity index (χ2v) is 8.11. The zero-order valence-corrected chi connectivity index (χ0v) is 17.6. The number of hydrogen-bond acceptors (Lipinski definition) is 3. The first-order valence-corrected chi connectivity index (χ1v) is 10.3. The van der Waals surface area contributed by atoms with E-state index >= 15 is 0 Å². The molecule has 0 aromatic heterocycles. The van der Waals surface area contributed by atoms with Gasteiger partial charge in [-0.25, -0.2) is 0 Å². The van der Waals surface area contributed by atoms with Gasteiger partial charge in [0.15, 0.2) is 0 Å². The van der Waals surface area contributed by atoms with Crippen LogP contribution in [0.25, 0.3) is 0 Å². The molecule has 2 aliphatic heterocycles. The summed E-state index contributed by atoms with van der Waals surface area (Å²) in [4.78, 5) is 14.8. The second kappa shape index (κ2) is 10.9. The molecule has 3 rings (SSSR count). The van der Waals surface area contributed by atoms with Gasteiger partial charge < -0.3 is 15.0 Å². The molecule has 0 bridgehead atoms. The number of amides is 1. The van der Waals surface area contributed by atoms with Crippen LogP contribution < -0.4 is 10.1 Å². The maximum Gasteiger partial charge on any atom is 0.222 e. The molecule has 1 unspecified atom stereocenters. The molecule has 27 heavy (non-hydrogen) atoms. The highest BCUT2D eigenvalue weighted by molar-refractivity contribution is 5.85. The monoisotopic (exact) mass is 394 g/mol. The molecule has 2 saturated heterocycles. The molecule has 2 aliphatic rings. The van der Waals surface area contributed by atoms with E-state index in [1.165, 1.54) is 18.4 Å². The van der Waals surface area contributed by atoms with Crippen LogP contribution >= 0.6 is 12.4 Å². The van der Waals surface area contributed by atoms with Gasteiger partial charge in [-0.3, -0.25) is 4.79 Å². The van der Waals surface area contributed by atoms with Gasteiger partial charge in [-0.1, -0.05) is 25.1 Å². The molecular formula is C22H35ClN2O2. The number of carbonyl (C=O) groups is 1. The number of nitrogens with zero attached hydrogens (tertiary/aromatic N) is 1. The highest BCUT2D eigenvalue weighted by Crippen LogP contribution is 2.29. The van der Waals surface area contributed by atoms with Crippen molar-refractivity contribution in [2.75, 3.05) is 33.3 Å². The van der Waals surface area contributed by atoms with Crippen molar-refractivity contribution in [2.24, 2.45) is 17.8 Å². The lowest BCUT2D eigenvalue weighted by molar-refractivity contribution is -0.134. The Morgan fingerprint density at radius 3 is 2.52 bits per heavy atom. The normalized spacial score (nSPS) is 20.0. The second-order valence-electron chi connectivity index (χ2n) is 8.11. The first kappa shape index (κ1) is 22.0. The van der Waals surface area contributed by atoms with E-state index in [1.54, 1.807) is 7.11 Å². The van der Waals surface area contributed by atoms with E-state index in [9.17, 15) is 4.79 Å². The molecule has 0 aliphatic carbocycles. The van der Waals surface area contributed by atoms with Crippen molar-refractivity contribution in [3.63, 3.8) is 0 Å². The summed E-state index contributed by atoms with van der Waals surface area (Å²) in [5.74, 6) is 3.23. The van der Waals surface area contributed by atoms with Crippen LogP contribution in [0, 0.1) is 17.8 Å². The maximum atomic E-state index is 12.7. The molecule has 0 spiro atoms. The van der Waals surface area contributed by atoms with Crippen molar-refractivity contribution >= 4 is 18.3 Å². The number of para-hydroxylation sites is 1. The molecule has 1 aromatic carbocycles. The van der Waals surface area contributed by atoms with Crippen molar-refractivity contribution < 1.29 is 9.53 Å².